The number of benzene rings is 1. The van der Waals surface area contributed by atoms with Crippen molar-refractivity contribution < 1.29 is 19.1 Å². The predicted molar refractivity (Wildman–Crippen MR) is 131 cm³/mol. The largest absolute Gasteiger partial charge is 0.465 e. The van der Waals surface area contributed by atoms with Crippen molar-refractivity contribution in [3.8, 4) is 0 Å². The molecule has 1 amide bonds. The van der Waals surface area contributed by atoms with Crippen LogP contribution in [-0.4, -0.2) is 25.8 Å². The third-order valence-electron chi connectivity index (χ3n) is 5.35. The number of hydrogen-bond donors (Lipinski definition) is 1. The Labute approximate surface area is 196 Å². The minimum Gasteiger partial charge on any atom is -0.465 e. The zero-order chi connectivity index (χ0) is 22.7. The van der Waals surface area contributed by atoms with Crippen LogP contribution >= 0.6 is 15.9 Å². The lowest BCUT2D eigenvalue weighted by atomic mass is 10.0. The van der Waals surface area contributed by atoms with Gasteiger partial charge in [0.15, 0.2) is 0 Å². The zero-order valence-corrected chi connectivity index (χ0v) is 20.9. The standard InChI is InChI=1S/C25H40BrNO4/c1-3-4-5-6-7-8-9-10-11-12-13-14-15-16-19-31-25(29)27-23-18-17-21(26)20-22(23)24(28)30-2/h17-18,20H,3-16,19H2,1-2H3,(H,27,29). The molecule has 0 aliphatic rings. The van der Waals surface area contributed by atoms with Gasteiger partial charge in [-0.2, -0.15) is 0 Å². The van der Waals surface area contributed by atoms with Crippen LogP contribution in [0.2, 0.25) is 0 Å². The molecule has 0 spiro atoms. The van der Waals surface area contributed by atoms with Gasteiger partial charge in [-0.1, -0.05) is 106 Å². The Hall–Kier alpha value is -1.56. The number of esters is 1. The Morgan fingerprint density at radius 3 is 1.87 bits per heavy atom. The zero-order valence-electron chi connectivity index (χ0n) is 19.3. The number of carbonyl (C=O) groups excluding carboxylic acids is 2. The van der Waals surface area contributed by atoms with Gasteiger partial charge in [0.25, 0.3) is 0 Å². The minimum atomic E-state index is -0.554. The number of rotatable bonds is 17. The van der Waals surface area contributed by atoms with Crippen molar-refractivity contribution in [2.24, 2.45) is 0 Å². The first-order valence-electron chi connectivity index (χ1n) is 11.9. The third kappa shape index (κ3) is 13.5. The molecule has 1 N–H and O–H groups in total. The van der Waals surface area contributed by atoms with Crippen LogP contribution < -0.4 is 5.32 Å². The second-order valence-electron chi connectivity index (χ2n) is 8.04. The van der Waals surface area contributed by atoms with Gasteiger partial charge in [-0.15, -0.1) is 0 Å². The summed E-state index contributed by atoms with van der Waals surface area (Å²) in [6, 6.07) is 4.99. The van der Waals surface area contributed by atoms with Gasteiger partial charge in [-0.3, -0.25) is 5.32 Å². The van der Waals surface area contributed by atoms with E-state index in [-0.39, 0.29) is 5.56 Å². The van der Waals surface area contributed by atoms with Crippen LogP contribution in [0.1, 0.15) is 107 Å². The van der Waals surface area contributed by atoms with E-state index in [1.54, 1.807) is 18.2 Å². The SMILES string of the molecule is CCCCCCCCCCCCCCCCOC(=O)Nc1ccc(Br)cc1C(=O)OC. The Morgan fingerprint density at radius 2 is 1.35 bits per heavy atom. The number of anilines is 1. The maximum absolute atomic E-state index is 12.0. The quantitative estimate of drug-likeness (QED) is 0.173. The molecule has 0 aliphatic heterocycles. The van der Waals surface area contributed by atoms with Crippen LogP contribution in [0.25, 0.3) is 0 Å². The normalized spacial score (nSPS) is 10.7. The van der Waals surface area contributed by atoms with Crippen LogP contribution in [0.15, 0.2) is 22.7 Å². The highest BCUT2D eigenvalue weighted by molar-refractivity contribution is 9.10. The molecule has 0 aromatic heterocycles. The van der Waals surface area contributed by atoms with E-state index in [4.69, 9.17) is 9.47 Å². The number of amides is 1. The van der Waals surface area contributed by atoms with E-state index in [2.05, 4.69) is 28.2 Å². The molecule has 0 fully saturated rings. The predicted octanol–water partition coefficient (Wildman–Crippen LogP) is 8.27. The summed E-state index contributed by atoms with van der Waals surface area (Å²) in [5, 5.41) is 2.62. The number of methoxy groups -OCH3 is 1. The van der Waals surface area contributed by atoms with Gasteiger partial charge >= 0.3 is 12.1 Å². The molecule has 0 bridgehead atoms. The van der Waals surface area contributed by atoms with Crippen LogP contribution in [0.5, 0.6) is 0 Å². The molecule has 31 heavy (non-hydrogen) atoms. The van der Waals surface area contributed by atoms with E-state index in [0.29, 0.717) is 12.3 Å². The van der Waals surface area contributed by atoms with Crippen LogP contribution in [0.3, 0.4) is 0 Å². The Bertz CT molecular complexity index is 636. The Kier molecular flexibility index (Phi) is 16.0. The van der Waals surface area contributed by atoms with Crippen molar-refractivity contribution in [2.75, 3.05) is 19.0 Å². The lowest BCUT2D eigenvalue weighted by Gasteiger charge is -2.11. The fourth-order valence-electron chi connectivity index (χ4n) is 3.51. The summed E-state index contributed by atoms with van der Waals surface area (Å²) in [6.07, 6.45) is 17.5. The maximum Gasteiger partial charge on any atom is 0.411 e. The van der Waals surface area contributed by atoms with Crippen molar-refractivity contribution in [3.63, 3.8) is 0 Å². The minimum absolute atomic E-state index is 0.283. The molecule has 1 aromatic rings. The van der Waals surface area contributed by atoms with E-state index in [1.807, 2.05) is 0 Å². The first-order chi connectivity index (χ1) is 15.1. The van der Waals surface area contributed by atoms with Crippen molar-refractivity contribution in [3.05, 3.63) is 28.2 Å². The number of halogens is 1. The summed E-state index contributed by atoms with van der Waals surface area (Å²) >= 11 is 3.31. The van der Waals surface area contributed by atoms with Gasteiger partial charge in [-0.05, 0) is 24.6 Å². The topological polar surface area (TPSA) is 64.6 Å². The Morgan fingerprint density at radius 1 is 0.839 bits per heavy atom. The molecule has 0 heterocycles. The molecule has 6 heteroatoms. The Balaban J connectivity index is 2.02. The lowest BCUT2D eigenvalue weighted by molar-refractivity contribution is 0.0602. The molecule has 1 aromatic carbocycles. The summed E-state index contributed by atoms with van der Waals surface area (Å²) in [5.74, 6) is -0.511. The highest BCUT2D eigenvalue weighted by atomic mass is 79.9. The van der Waals surface area contributed by atoms with Gasteiger partial charge < -0.3 is 9.47 Å². The summed E-state index contributed by atoms with van der Waals surface area (Å²) in [7, 11) is 1.31. The van der Waals surface area contributed by atoms with E-state index >= 15 is 0 Å². The maximum atomic E-state index is 12.0. The van der Waals surface area contributed by atoms with Crippen molar-refractivity contribution in [1.82, 2.24) is 0 Å². The van der Waals surface area contributed by atoms with Crippen LogP contribution in [0, 0.1) is 0 Å². The van der Waals surface area contributed by atoms with E-state index in [1.165, 1.54) is 84.2 Å². The molecule has 0 radical (unpaired) electrons. The second-order valence-corrected chi connectivity index (χ2v) is 8.95. The van der Waals surface area contributed by atoms with E-state index in [0.717, 1.165) is 17.3 Å². The molecule has 1 rings (SSSR count). The third-order valence-corrected chi connectivity index (χ3v) is 5.85. The number of unbranched alkanes of at least 4 members (excludes halogenated alkanes) is 13. The summed E-state index contributed by atoms with van der Waals surface area (Å²) in [4.78, 5) is 23.8. The smallest absolute Gasteiger partial charge is 0.411 e. The van der Waals surface area contributed by atoms with Gasteiger partial charge in [0.1, 0.15) is 0 Å². The average molecular weight is 499 g/mol. The highest BCUT2D eigenvalue weighted by Crippen LogP contribution is 2.22. The average Bonchev–Trinajstić information content (AvgIpc) is 2.77. The van der Waals surface area contributed by atoms with E-state index < -0.39 is 12.1 Å². The number of carbonyl (C=O) groups is 2. The molecular formula is C25H40BrNO4. The summed E-state index contributed by atoms with van der Waals surface area (Å²) < 4.78 is 10.7. The van der Waals surface area contributed by atoms with Crippen molar-refractivity contribution >= 4 is 33.7 Å². The molecule has 0 aliphatic carbocycles. The van der Waals surface area contributed by atoms with Crippen molar-refractivity contribution in [1.29, 1.82) is 0 Å². The molecule has 5 nitrogen and oxygen atoms in total. The first kappa shape index (κ1) is 27.5. The summed E-state index contributed by atoms with van der Waals surface area (Å²) in [5.41, 5.74) is 0.659. The molecule has 176 valence electrons. The first-order valence-corrected chi connectivity index (χ1v) is 12.7. The number of nitrogens with one attached hydrogen (secondary N) is 1. The van der Waals surface area contributed by atoms with Gasteiger partial charge in [-0.25, -0.2) is 9.59 Å². The monoisotopic (exact) mass is 497 g/mol. The van der Waals surface area contributed by atoms with Gasteiger partial charge in [0, 0.05) is 4.47 Å². The molecule has 0 unspecified atom stereocenters. The lowest BCUT2D eigenvalue weighted by Crippen LogP contribution is -2.17. The highest BCUT2D eigenvalue weighted by Gasteiger charge is 2.15. The summed E-state index contributed by atoms with van der Waals surface area (Å²) in [6.45, 7) is 2.64. The van der Waals surface area contributed by atoms with Crippen LogP contribution in [0.4, 0.5) is 10.5 Å². The van der Waals surface area contributed by atoms with Crippen molar-refractivity contribution in [2.45, 2.75) is 96.8 Å². The molecule has 0 atom stereocenters. The van der Waals surface area contributed by atoms with E-state index in [9.17, 15) is 9.59 Å². The second kappa shape index (κ2) is 18.1. The van der Waals surface area contributed by atoms with Gasteiger partial charge in [0.2, 0.25) is 0 Å². The number of hydrogen-bond acceptors (Lipinski definition) is 4. The van der Waals surface area contributed by atoms with Gasteiger partial charge in [0.05, 0.1) is 25.0 Å². The fourth-order valence-corrected chi connectivity index (χ4v) is 3.87. The molecular weight excluding hydrogens is 458 g/mol. The molecule has 0 saturated heterocycles. The molecule has 0 saturated carbocycles. The van der Waals surface area contributed by atoms with Crippen LogP contribution in [-0.2, 0) is 9.47 Å². The fraction of sp³-hybridized carbons (Fsp3) is 0.680. The number of ether oxygens (including phenoxy) is 2.